The highest BCUT2D eigenvalue weighted by Gasteiger charge is 2.09. The summed E-state index contributed by atoms with van der Waals surface area (Å²) in [6.45, 7) is 1.95. The van der Waals surface area contributed by atoms with Gasteiger partial charge >= 0.3 is 5.97 Å². The van der Waals surface area contributed by atoms with Crippen molar-refractivity contribution >= 4 is 11.7 Å². The second-order valence-electron chi connectivity index (χ2n) is 3.23. The summed E-state index contributed by atoms with van der Waals surface area (Å²) >= 11 is 0. The Balaban J connectivity index is 2.90. The Bertz CT molecular complexity index is 411. The van der Waals surface area contributed by atoms with Crippen LogP contribution in [0.25, 0.3) is 0 Å². The second kappa shape index (κ2) is 5.04. The van der Waals surface area contributed by atoms with Crippen LogP contribution >= 0.6 is 0 Å². The molecular weight excluding hydrogens is 208 g/mol. The minimum absolute atomic E-state index is 0.0522. The number of nitrogens with two attached hydrogens (primary N) is 2. The molecule has 86 valence electrons. The maximum Gasteiger partial charge on any atom is 0.355 e. The Morgan fingerprint density at radius 2 is 1.88 bits per heavy atom. The van der Waals surface area contributed by atoms with Crippen LogP contribution in [0.3, 0.4) is 0 Å². The van der Waals surface area contributed by atoms with Crippen LogP contribution in [-0.2, 0) is 4.79 Å². The third-order valence-corrected chi connectivity index (χ3v) is 1.96. The zero-order valence-electron chi connectivity index (χ0n) is 8.82. The summed E-state index contributed by atoms with van der Waals surface area (Å²) in [4.78, 5) is 10.6. The Morgan fingerprint density at radius 1 is 1.31 bits per heavy atom. The smallest absolute Gasteiger partial charge is 0.355 e. The molecule has 7 N–H and O–H groups in total. The SMILES string of the molecule is Cc1ccc(N/C(NN)=C(/N)C(=O)O)cc1. The van der Waals surface area contributed by atoms with Crippen molar-refractivity contribution in [2.45, 2.75) is 6.92 Å². The Kier molecular flexibility index (Phi) is 3.73. The van der Waals surface area contributed by atoms with E-state index in [1.807, 2.05) is 19.1 Å². The van der Waals surface area contributed by atoms with E-state index < -0.39 is 5.97 Å². The van der Waals surface area contributed by atoms with Crippen LogP contribution in [0.5, 0.6) is 0 Å². The van der Waals surface area contributed by atoms with Crippen molar-refractivity contribution in [3.8, 4) is 0 Å². The lowest BCUT2D eigenvalue weighted by Gasteiger charge is -2.11. The van der Waals surface area contributed by atoms with E-state index in [-0.39, 0.29) is 11.5 Å². The molecule has 16 heavy (non-hydrogen) atoms. The van der Waals surface area contributed by atoms with Gasteiger partial charge in [-0.15, -0.1) is 0 Å². The first-order valence-corrected chi connectivity index (χ1v) is 4.58. The molecule has 0 aromatic heterocycles. The van der Waals surface area contributed by atoms with Crippen LogP contribution < -0.4 is 22.3 Å². The van der Waals surface area contributed by atoms with Gasteiger partial charge in [0.2, 0.25) is 0 Å². The molecule has 0 amide bonds. The lowest BCUT2D eigenvalue weighted by Crippen LogP contribution is -2.32. The minimum atomic E-state index is -1.24. The van der Waals surface area contributed by atoms with E-state index in [9.17, 15) is 4.79 Å². The number of carboxylic acids is 1. The topological polar surface area (TPSA) is 113 Å². The highest BCUT2D eigenvalue weighted by atomic mass is 16.4. The number of nitrogens with one attached hydrogen (secondary N) is 2. The molecule has 1 aromatic carbocycles. The van der Waals surface area contributed by atoms with Gasteiger partial charge in [-0.25, -0.2) is 10.6 Å². The second-order valence-corrected chi connectivity index (χ2v) is 3.23. The molecule has 0 aliphatic rings. The molecule has 0 spiro atoms. The van der Waals surface area contributed by atoms with Gasteiger partial charge in [0.25, 0.3) is 0 Å². The van der Waals surface area contributed by atoms with Crippen LogP contribution in [-0.4, -0.2) is 11.1 Å². The fraction of sp³-hybridized carbons (Fsp3) is 0.100. The van der Waals surface area contributed by atoms with Crippen molar-refractivity contribution < 1.29 is 9.90 Å². The Labute approximate surface area is 92.9 Å². The van der Waals surface area contributed by atoms with Crippen molar-refractivity contribution in [2.75, 3.05) is 5.32 Å². The predicted molar refractivity (Wildman–Crippen MR) is 61.0 cm³/mol. The average Bonchev–Trinajstić information content (AvgIpc) is 2.27. The van der Waals surface area contributed by atoms with Crippen LogP contribution in [0, 0.1) is 6.92 Å². The average molecular weight is 222 g/mol. The summed E-state index contributed by atoms with van der Waals surface area (Å²) < 4.78 is 0. The molecule has 1 aromatic rings. The maximum absolute atomic E-state index is 10.6. The van der Waals surface area contributed by atoms with Gasteiger partial charge in [-0.2, -0.15) is 0 Å². The molecule has 0 radical (unpaired) electrons. The fourth-order valence-corrected chi connectivity index (χ4v) is 1.07. The van der Waals surface area contributed by atoms with E-state index in [2.05, 4.69) is 10.7 Å². The summed E-state index contributed by atoms with van der Waals surface area (Å²) in [6, 6.07) is 7.35. The molecule has 0 saturated heterocycles. The Morgan fingerprint density at radius 3 is 2.31 bits per heavy atom. The van der Waals surface area contributed by atoms with E-state index in [4.69, 9.17) is 16.7 Å². The number of aryl methyl sites for hydroxylation is 1. The predicted octanol–water partition coefficient (Wildman–Crippen LogP) is 0.0826. The maximum atomic E-state index is 10.6. The molecule has 6 heteroatoms. The van der Waals surface area contributed by atoms with Gasteiger partial charge < -0.3 is 21.6 Å². The zero-order valence-corrected chi connectivity index (χ0v) is 8.82. The number of hydrazine groups is 1. The van der Waals surface area contributed by atoms with Gasteiger partial charge in [0.05, 0.1) is 0 Å². The van der Waals surface area contributed by atoms with Crippen LogP contribution in [0.1, 0.15) is 5.56 Å². The highest BCUT2D eigenvalue weighted by Crippen LogP contribution is 2.10. The van der Waals surface area contributed by atoms with Gasteiger partial charge in [-0.3, -0.25) is 0 Å². The molecular formula is C10H14N4O2. The van der Waals surface area contributed by atoms with Crippen molar-refractivity contribution in [1.29, 1.82) is 0 Å². The third kappa shape index (κ3) is 2.89. The molecule has 0 fully saturated rings. The Hall–Kier alpha value is -2.21. The summed E-state index contributed by atoms with van der Waals surface area (Å²) in [6.07, 6.45) is 0. The van der Waals surface area contributed by atoms with Gasteiger partial charge in [-0.1, -0.05) is 17.7 Å². The van der Waals surface area contributed by atoms with E-state index in [1.54, 1.807) is 12.1 Å². The van der Waals surface area contributed by atoms with Gasteiger partial charge in [-0.05, 0) is 19.1 Å². The summed E-state index contributed by atoms with van der Waals surface area (Å²) in [5.41, 5.74) is 8.96. The minimum Gasteiger partial charge on any atom is -0.476 e. The molecule has 0 unspecified atom stereocenters. The third-order valence-electron chi connectivity index (χ3n) is 1.96. The highest BCUT2D eigenvalue weighted by molar-refractivity contribution is 5.86. The number of rotatable bonds is 4. The largest absolute Gasteiger partial charge is 0.476 e. The first kappa shape index (κ1) is 11.9. The normalized spacial score (nSPS) is 11.6. The van der Waals surface area contributed by atoms with Crippen LogP contribution in [0.4, 0.5) is 5.69 Å². The molecule has 6 nitrogen and oxygen atoms in total. The lowest BCUT2D eigenvalue weighted by atomic mass is 10.2. The summed E-state index contributed by atoms with van der Waals surface area (Å²) in [5.74, 6) is 3.98. The van der Waals surface area contributed by atoms with Gasteiger partial charge in [0.15, 0.2) is 5.70 Å². The van der Waals surface area contributed by atoms with Gasteiger partial charge in [0, 0.05) is 5.69 Å². The monoisotopic (exact) mass is 222 g/mol. The molecule has 0 saturated carbocycles. The lowest BCUT2D eigenvalue weighted by molar-refractivity contribution is -0.132. The number of hydrogen-bond acceptors (Lipinski definition) is 5. The standard InChI is InChI=1S/C10H14N4O2/c1-6-2-4-7(5-3-6)13-9(14-12)8(11)10(15)16/h2-5,13-14H,11-12H2,1H3,(H,15,16)/b9-8-. The molecule has 0 aliphatic heterocycles. The van der Waals surface area contributed by atoms with Crippen molar-refractivity contribution in [2.24, 2.45) is 11.6 Å². The van der Waals surface area contributed by atoms with E-state index in [1.165, 1.54) is 0 Å². The number of anilines is 1. The molecule has 0 aliphatic carbocycles. The van der Waals surface area contributed by atoms with Crippen molar-refractivity contribution in [3.05, 3.63) is 41.3 Å². The first-order valence-electron chi connectivity index (χ1n) is 4.58. The number of carboxylic acid groups (broad SMARTS) is 1. The number of hydrogen-bond donors (Lipinski definition) is 5. The van der Waals surface area contributed by atoms with Crippen LogP contribution in [0.2, 0.25) is 0 Å². The quantitative estimate of drug-likeness (QED) is 0.280. The van der Waals surface area contributed by atoms with Gasteiger partial charge in [0.1, 0.15) is 5.82 Å². The molecule has 1 rings (SSSR count). The molecule has 0 heterocycles. The zero-order chi connectivity index (χ0) is 12.1. The molecule has 0 bridgehead atoms. The number of benzene rings is 1. The summed E-state index contributed by atoms with van der Waals surface area (Å²) in [7, 11) is 0. The van der Waals surface area contributed by atoms with E-state index in [0.29, 0.717) is 5.69 Å². The molecule has 0 atom stereocenters. The number of carbonyl (C=O) groups is 1. The first-order chi connectivity index (χ1) is 7.54. The van der Waals surface area contributed by atoms with E-state index >= 15 is 0 Å². The van der Waals surface area contributed by atoms with Crippen molar-refractivity contribution in [1.82, 2.24) is 5.43 Å². The number of aliphatic carboxylic acids is 1. The van der Waals surface area contributed by atoms with E-state index in [0.717, 1.165) is 5.56 Å². The fourth-order valence-electron chi connectivity index (χ4n) is 1.07. The van der Waals surface area contributed by atoms with Crippen LogP contribution in [0.15, 0.2) is 35.8 Å². The summed E-state index contributed by atoms with van der Waals surface area (Å²) in [5, 5.41) is 11.5. The van der Waals surface area contributed by atoms with Crippen molar-refractivity contribution in [3.63, 3.8) is 0 Å².